The van der Waals surface area contributed by atoms with Crippen molar-refractivity contribution >= 4 is 23.4 Å². The van der Waals surface area contributed by atoms with E-state index in [1.165, 1.54) is 15.9 Å². The first-order valence-corrected chi connectivity index (χ1v) is 14.9. The topological polar surface area (TPSA) is 112 Å². The standard InChI is InChI=1S/C34H31N3O6S/c1-5-41-28-17-22(15-16-27(28)43-20-24-12-8-7-11-23(24)19-35)18-29-32(38)37-31(25-13-9-10-14-26(25)40-4)30(33(39)42-6-2)21(3)36-34(37)44-29/h7-18,31H,5-6,20H2,1-4H3/b29-18+/t31-/m0/s1. The summed E-state index contributed by atoms with van der Waals surface area (Å²) >= 11 is 1.23. The molecule has 0 saturated heterocycles. The second kappa shape index (κ2) is 13.4. The Morgan fingerprint density at radius 1 is 1.02 bits per heavy atom. The maximum Gasteiger partial charge on any atom is 0.338 e. The Morgan fingerprint density at radius 3 is 2.55 bits per heavy atom. The quantitative estimate of drug-likeness (QED) is 0.241. The number of methoxy groups -OCH3 is 1. The molecule has 4 aromatic rings. The molecule has 224 valence electrons. The van der Waals surface area contributed by atoms with Crippen LogP contribution >= 0.6 is 11.3 Å². The lowest BCUT2D eigenvalue weighted by Gasteiger charge is -2.25. The number of aromatic nitrogens is 1. The Balaban J connectivity index is 1.57. The number of thiazole rings is 1. The average Bonchev–Trinajstić information content (AvgIpc) is 3.33. The maximum atomic E-state index is 14.0. The van der Waals surface area contributed by atoms with E-state index in [1.54, 1.807) is 51.3 Å². The van der Waals surface area contributed by atoms with Gasteiger partial charge in [-0.25, -0.2) is 9.79 Å². The van der Waals surface area contributed by atoms with Gasteiger partial charge < -0.3 is 18.9 Å². The highest BCUT2D eigenvalue weighted by molar-refractivity contribution is 7.07. The fraction of sp³-hybridized carbons (Fsp3) is 0.235. The van der Waals surface area contributed by atoms with E-state index in [0.29, 0.717) is 50.0 Å². The first kappa shape index (κ1) is 30.3. The van der Waals surface area contributed by atoms with Crippen LogP contribution in [0.1, 0.15) is 49.1 Å². The third-order valence-corrected chi connectivity index (χ3v) is 8.02. The lowest BCUT2D eigenvalue weighted by Crippen LogP contribution is -2.40. The summed E-state index contributed by atoms with van der Waals surface area (Å²) in [7, 11) is 1.55. The van der Waals surface area contributed by atoms with Crippen LogP contribution in [0.25, 0.3) is 6.08 Å². The Hall–Kier alpha value is -5.14. The van der Waals surface area contributed by atoms with E-state index < -0.39 is 12.0 Å². The van der Waals surface area contributed by atoms with Gasteiger partial charge in [0, 0.05) is 11.1 Å². The van der Waals surface area contributed by atoms with Crippen LogP contribution < -0.4 is 29.1 Å². The number of allylic oxidation sites excluding steroid dienone is 1. The monoisotopic (exact) mass is 609 g/mol. The summed E-state index contributed by atoms with van der Waals surface area (Å²) < 4.78 is 24.9. The highest BCUT2D eigenvalue weighted by Gasteiger charge is 2.35. The molecular formula is C34H31N3O6S. The van der Waals surface area contributed by atoms with Crippen molar-refractivity contribution in [2.24, 2.45) is 4.99 Å². The number of rotatable bonds is 10. The van der Waals surface area contributed by atoms with Gasteiger partial charge in [0.05, 0.1) is 47.8 Å². The smallest absolute Gasteiger partial charge is 0.338 e. The van der Waals surface area contributed by atoms with Crippen molar-refractivity contribution in [2.45, 2.75) is 33.4 Å². The second-order valence-corrected chi connectivity index (χ2v) is 10.8. The number of carbonyl (C=O) groups excluding carboxylic acids is 1. The number of nitriles is 1. The summed E-state index contributed by atoms with van der Waals surface area (Å²) in [6, 6.07) is 21.4. The van der Waals surface area contributed by atoms with Gasteiger partial charge in [-0.15, -0.1) is 0 Å². The van der Waals surface area contributed by atoms with Gasteiger partial charge in [0.15, 0.2) is 16.3 Å². The van der Waals surface area contributed by atoms with Crippen LogP contribution in [0.2, 0.25) is 0 Å². The molecule has 0 fully saturated rings. The number of fused-ring (bicyclic) bond motifs is 1. The Kier molecular flexibility index (Phi) is 9.26. The first-order valence-electron chi connectivity index (χ1n) is 14.1. The fourth-order valence-electron chi connectivity index (χ4n) is 5.04. The van der Waals surface area contributed by atoms with E-state index in [0.717, 1.165) is 11.1 Å². The average molecular weight is 610 g/mol. The molecule has 1 aliphatic rings. The van der Waals surface area contributed by atoms with Crippen LogP contribution in [0.5, 0.6) is 17.2 Å². The van der Waals surface area contributed by atoms with Gasteiger partial charge in [-0.3, -0.25) is 9.36 Å². The molecule has 0 aliphatic carbocycles. The molecule has 0 amide bonds. The second-order valence-electron chi connectivity index (χ2n) is 9.74. The maximum absolute atomic E-state index is 14.0. The van der Waals surface area contributed by atoms with Crippen LogP contribution in [0, 0.1) is 11.3 Å². The Morgan fingerprint density at radius 2 is 1.80 bits per heavy atom. The van der Waals surface area contributed by atoms with E-state index in [-0.39, 0.29) is 24.3 Å². The molecule has 3 aromatic carbocycles. The van der Waals surface area contributed by atoms with E-state index in [1.807, 2.05) is 49.4 Å². The number of para-hydroxylation sites is 1. The molecular weight excluding hydrogens is 578 g/mol. The van der Waals surface area contributed by atoms with E-state index in [4.69, 9.17) is 18.9 Å². The molecule has 44 heavy (non-hydrogen) atoms. The number of nitrogens with zero attached hydrogens (tertiary/aromatic N) is 3. The number of esters is 1. The normalized spacial score (nSPS) is 14.3. The van der Waals surface area contributed by atoms with Gasteiger partial charge in [0.25, 0.3) is 5.56 Å². The zero-order chi connectivity index (χ0) is 31.2. The van der Waals surface area contributed by atoms with Crippen molar-refractivity contribution < 1.29 is 23.7 Å². The van der Waals surface area contributed by atoms with Crippen LogP contribution in [-0.2, 0) is 16.1 Å². The number of carbonyl (C=O) groups is 1. The molecule has 10 heteroatoms. The van der Waals surface area contributed by atoms with Crippen molar-refractivity contribution in [3.05, 3.63) is 120 Å². The van der Waals surface area contributed by atoms with E-state index in [2.05, 4.69) is 11.1 Å². The summed E-state index contributed by atoms with van der Waals surface area (Å²) in [6.45, 7) is 6.15. The summed E-state index contributed by atoms with van der Waals surface area (Å²) in [6.07, 6.45) is 1.77. The summed E-state index contributed by atoms with van der Waals surface area (Å²) in [5, 5.41) is 9.40. The summed E-state index contributed by atoms with van der Waals surface area (Å²) in [5.74, 6) is 1.03. The minimum atomic E-state index is -0.783. The zero-order valence-electron chi connectivity index (χ0n) is 24.8. The molecule has 2 heterocycles. The van der Waals surface area contributed by atoms with Gasteiger partial charge in [-0.2, -0.15) is 5.26 Å². The number of hydrogen-bond donors (Lipinski definition) is 0. The molecule has 0 unspecified atom stereocenters. The molecule has 0 saturated carbocycles. The number of hydrogen-bond acceptors (Lipinski definition) is 9. The SMILES string of the molecule is CCOC(=O)C1=C(C)N=c2s/c(=C/c3ccc(OCc4ccccc4C#N)c(OCC)c3)c(=O)n2[C@H]1c1ccccc1OC. The third-order valence-electron chi connectivity index (χ3n) is 7.04. The van der Waals surface area contributed by atoms with Gasteiger partial charge >= 0.3 is 5.97 Å². The van der Waals surface area contributed by atoms with Crippen LogP contribution in [0.4, 0.5) is 0 Å². The van der Waals surface area contributed by atoms with Crippen molar-refractivity contribution in [3.63, 3.8) is 0 Å². The van der Waals surface area contributed by atoms with Crippen LogP contribution in [0.15, 0.2) is 87.8 Å². The molecule has 9 nitrogen and oxygen atoms in total. The van der Waals surface area contributed by atoms with E-state index in [9.17, 15) is 14.9 Å². The number of ether oxygens (including phenoxy) is 4. The van der Waals surface area contributed by atoms with Crippen molar-refractivity contribution in [3.8, 4) is 23.3 Å². The van der Waals surface area contributed by atoms with Crippen LogP contribution in [0.3, 0.4) is 0 Å². The van der Waals surface area contributed by atoms with E-state index >= 15 is 0 Å². The molecule has 0 spiro atoms. The molecule has 1 aromatic heterocycles. The molecule has 0 N–H and O–H groups in total. The Labute approximate surface area is 258 Å². The molecule has 0 bridgehead atoms. The summed E-state index contributed by atoms with van der Waals surface area (Å²) in [4.78, 5) is 32.3. The van der Waals surface area contributed by atoms with Gasteiger partial charge in [-0.1, -0.05) is 53.8 Å². The van der Waals surface area contributed by atoms with Crippen molar-refractivity contribution in [1.29, 1.82) is 5.26 Å². The van der Waals surface area contributed by atoms with Gasteiger partial charge in [0.1, 0.15) is 18.4 Å². The lowest BCUT2D eigenvalue weighted by atomic mass is 9.95. The molecule has 5 rings (SSSR count). The fourth-order valence-corrected chi connectivity index (χ4v) is 6.09. The highest BCUT2D eigenvalue weighted by Crippen LogP contribution is 2.36. The Bertz CT molecular complexity index is 1970. The minimum absolute atomic E-state index is 0.186. The highest BCUT2D eigenvalue weighted by atomic mass is 32.1. The molecule has 1 atom stereocenters. The van der Waals surface area contributed by atoms with Crippen molar-refractivity contribution in [1.82, 2.24) is 4.57 Å². The first-order chi connectivity index (χ1) is 21.4. The molecule has 0 radical (unpaired) electrons. The third kappa shape index (κ3) is 6.00. The van der Waals surface area contributed by atoms with Crippen molar-refractivity contribution in [2.75, 3.05) is 20.3 Å². The zero-order valence-corrected chi connectivity index (χ0v) is 25.6. The largest absolute Gasteiger partial charge is 0.496 e. The van der Waals surface area contributed by atoms with Gasteiger partial charge in [-0.05, 0) is 56.7 Å². The predicted molar refractivity (Wildman–Crippen MR) is 166 cm³/mol. The minimum Gasteiger partial charge on any atom is -0.496 e. The summed E-state index contributed by atoms with van der Waals surface area (Å²) in [5.41, 5.74) is 3.15. The van der Waals surface area contributed by atoms with Gasteiger partial charge in [0.2, 0.25) is 0 Å². The van der Waals surface area contributed by atoms with Crippen LogP contribution in [-0.4, -0.2) is 30.9 Å². The predicted octanol–water partition coefficient (Wildman–Crippen LogP) is 4.66. The lowest BCUT2D eigenvalue weighted by molar-refractivity contribution is -0.139. The molecule has 1 aliphatic heterocycles. The number of benzene rings is 3.